The van der Waals surface area contributed by atoms with E-state index in [1.54, 1.807) is 42.9 Å². The average Bonchev–Trinajstić information content (AvgIpc) is 2.29. The maximum Gasteiger partial charge on any atom is 0.419 e. The Morgan fingerprint density at radius 2 is 1.79 bits per heavy atom. The van der Waals surface area contributed by atoms with Gasteiger partial charge < -0.3 is 0 Å². The number of aromatic nitrogens is 1. The van der Waals surface area contributed by atoms with Crippen molar-refractivity contribution in [2.24, 2.45) is 7.05 Å². The molecule has 0 saturated carbocycles. The average molecular weight is 270 g/mol. The molecule has 19 heavy (non-hydrogen) atoms. The highest BCUT2D eigenvalue weighted by molar-refractivity contribution is 5.62. The molecule has 0 unspecified atom stereocenters. The van der Waals surface area contributed by atoms with Gasteiger partial charge in [0, 0.05) is 17.7 Å². The van der Waals surface area contributed by atoms with Crippen molar-refractivity contribution < 1.29 is 22.1 Å². The molecule has 0 aliphatic carbocycles. The normalized spacial score (nSPS) is 11.7. The van der Waals surface area contributed by atoms with Crippen LogP contribution in [-0.4, -0.2) is 0 Å². The van der Waals surface area contributed by atoms with Crippen LogP contribution in [0.5, 0.6) is 0 Å². The minimum absolute atomic E-state index is 0.372. The molecule has 0 amide bonds. The van der Waals surface area contributed by atoms with E-state index in [1.165, 1.54) is 0 Å². The highest BCUT2D eigenvalue weighted by Crippen LogP contribution is 2.35. The number of hydrogen-bond donors (Lipinski definition) is 0. The van der Waals surface area contributed by atoms with Crippen LogP contribution < -0.4 is 4.57 Å². The number of benzene rings is 1. The van der Waals surface area contributed by atoms with Crippen molar-refractivity contribution >= 4 is 0 Å². The Balaban J connectivity index is 2.69. The molecule has 0 saturated heterocycles. The minimum atomic E-state index is -4.69. The molecular weight excluding hydrogens is 258 g/mol. The first-order valence-electron chi connectivity index (χ1n) is 5.63. The van der Waals surface area contributed by atoms with E-state index in [2.05, 4.69) is 0 Å². The van der Waals surface area contributed by atoms with E-state index < -0.39 is 17.6 Å². The fraction of sp³-hybridized carbons (Fsp3) is 0.214. The van der Waals surface area contributed by atoms with Crippen LogP contribution in [0.1, 0.15) is 11.1 Å². The standard InChI is InChI=1S/C14H12F4N/c1-9-7-12(15)11(14(16,17)18)8-10(9)13-5-3-4-6-19(13)2/h3-8H,1-2H3/q+1. The van der Waals surface area contributed by atoms with Crippen LogP contribution in [0, 0.1) is 12.7 Å². The highest BCUT2D eigenvalue weighted by Gasteiger charge is 2.35. The van der Waals surface area contributed by atoms with Crippen molar-refractivity contribution in [3.8, 4) is 11.3 Å². The van der Waals surface area contributed by atoms with Gasteiger partial charge in [-0.05, 0) is 30.7 Å². The van der Waals surface area contributed by atoms with Gasteiger partial charge in [-0.25, -0.2) is 8.96 Å². The Hall–Kier alpha value is -1.91. The van der Waals surface area contributed by atoms with Gasteiger partial charge in [-0.15, -0.1) is 0 Å². The molecule has 0 bridgehead atoms. The summed E-state index contributed by atoms with van der Waals surface area (Å²) in [7, 11) is 1.73. The zero-order chi connectivity index (χ0) is 14.2. The first-order chi connectivity index (χ1) is 8.80. The third-order valence-electron chi connectivity index (χ3n) is 2.95. The third kappa shape index (κ3) is 2.59. The molecule has 0 N–H and O–H groups in total. The van der Waals surface area contributed by atoms with Crippen molar-refractivity contribution in [2.45, 2.75) is 13.1 Å². The Labute approximate surface area is 108 Å². The summed E-state index contributed by atoms with van der Waals surface area (Å²) in [5.74, 6) is -1.24. The smallest absolute Gasteiger partial charge is 0.206 e. The third-order valence-corrected chi connectivity index (χ3v) is 2.95. The van der Waals surface area contributed by atoms with E-state index in [0.29, 0.717) is 16.8 Å². The zero-order valence-corrected chi connectivity index (χ0v) is 10.4. The summed E-state index contributed by atoms with van der Waals surface area (Å²) in [6.45, 7) is 1.59. The Morgan fingerprint density at radius 3 is 2.37 bits per heavy atom. The van der Waals surface area contributed by atoms with Crippen LogP contribution in [0.15, 0.2) is 36.5 Å². The predicted molar refractivity (Wildman–Crippen MR) is 62.8 cm³/mol. The lowest BCUT2D eigenvalue weighted by Gasteiger charge is -2.11. The first kappa shape index (κ1) is 13.5. The molecule has 0 aliphatic heterocycles. The fourth-order valence-corrected chi connectivity index (χ4v) is 1.97. The predicted octanol–water partition coefficient (Wildman–Crippen LogP) is 3.64. The topological polar surface area (TPSA) is 3.88 Å². The molecule has 0 radical (unpaired) electrons. The van der Waals surface area contributed by atoms with Gasteiger partial charge in [0.15, 0.2) is 6.20 Å². The quantitative estimate of drug-likeness (QED) is 0.550. The van der Waals surface area contributed by atoms with Crippen molar-refractivity contribution in [1.29, 1.82) is 0 Å². The van der Waals surface area contributed by atoms with E-state index in [0.717, 1.165) is 12.1 Å². The number of aryl methyl sites for hydroxylation is 2. The number of nitrogens with zero attached hydrogens (tertiary/aromatic N) is 1. The van der Waals surface area contributed by atoms with Crippen molar-refractivity contribution in [2.75, 3.05) is 0 Å². The van der Waals surface area contributed by atoms with Crippen molar-refractivity contribution in [3.63, 3.8) is 0 Å². The van der Waals surface area contributed by atoms with E-state index in [1.807, 2.05) is 0 Å². The van der Waals surface area contributed by atoms with Gasteiger partial charge in [-0.2, -0.15) is 13.2 Å². The van der Waals surface area contributed by atoms with E-state index >= 15 is 0 Å². The summed E-state index contributed by atoms with van der Waals surface area (Å²) < 4.78 is 53.3. The van der Waals surface area contributed by atoms with Crippen LogP contribution >= 0.6 is 0 Å². The number of pyridine rings is 1. The molecule has 0 fully saturated rings. The monoisotopic (exact) mass is 270 g/mol. The van der Waals surface area contributed by atoms with Gasteiger partial charge in [0.05, 0.1) is 5.56 Å². The van der Waals surface area contributed by atoms with Gasteiger partial charge in [0.1, 0.15) is 12.9 Å². The fourth-order valence-electron chi connectivity index (χ4n) is 1.97. The molecule has 1 aromatic heterocycles. The lowest BCUT2D eigenvalue weighted by Crippen LogP contribution is -2.30. The molecule has 2 rings (SSSR count). The zero-order valence-electron chi connectivity index (χ0n) is 10.4. The highest BCUT2D eigenvalue weighted by atomic mass is 19.4. The van der Waals surface area contributed by atoms with Crippen LogP contribution in [0.2, 0.25) is 0 Å². The summed E-state index contributed by atoms with van der Waals surface area (Å²) in [4.78, 5) is 0. The SMILES string of the molecule is Cc1cc(F)c(C(F)(F)F)cc1-c1cccc[n+]1C. The lowest BCUT2D eigenvalue weighted by atomic mass is 10.0. The Kier molecular flexibility index (Phi) is 3.30. The molecule has 1 aromatic carbocycles. The molecule has 1 heterocycles. The van der Waals surface area contributed by atoms with Crippen LogP contribution in [0.4, 0.5) is 17.6 Å². The molecule has 1 nitrogen and oxygen atoms in total. The van der Waals surface area contributed by atoms with Crippen LogP contribution in [0.25, 0.3) is 11.3 Å². The lowest BCUT2D eigenvalue weighted by molar-refractivity contribution is -0.660. The van der Waals surface area contributed by atoms with Gasteiger partial charge in [-0.1, -0.05) is 0 Å². The Bertz CT molecular complexity index is 617. The van der Waals surface area contributed by atoms with Gasteiger partial charge in [0.25, 0.3) is 0 Å². The maximum atomic E-state index is 13.4. The molecule has 0 spiro atoms. The summed E-state index contributed by atoms with van der Waals surface area (Å²) in [6, 6.07) is 6.98. The molecule has 100 valence electrons. The second-order valence-electron chi connectivity index (χ2n) is 4.34. The van der Waals surface area contributed by atoms with Gasteiger partial charge in [-0.3, -0.25) is 0 Å². The van der Waals surface area contributed by atoms with E-state index in [4.69, 9.17) is 0 Å². The van der Waals surface area contributed by atoms with E-state index in [9.17, 15) is 17.6 Å². The molecule has 5 heteroatoms. The largest absolute Gasteiger partial charge is 0.419 e. The Morgan fingerprint density at radius 1 is 1.11 bits per heavy atom. The first-order valence-corrected chi connectivity index (χ1v) is 5.63. The number of hydrogen-bond acceptors (Lipinski definition) is 0. The molecule has 0 aliphatic rings. The van der Waals surface area contributed by atoms with Crippen molar-refractivity contribution in [3.05, 3.63) is 53.5 Å². The summed E-state index contributed by atoms with van der Waals surface area (Å²) in [6.07, 6.45) is -2.97. The van der Waals surface area contributed by atoms with Crippen LogP contribution in [-0.2, 0) is 13.2 Å². The van der Waals surface area contributed by atoms with Gasteiger partial charge in [0.2, 0.25) is 5.69 Å². The van der Waals surface area contributed by atoms with E-state index in [-0.39, 0.29) is 0 Å². The number of rotatable bonds is 1. The van der Waals surface area contributed by atoms with Gasteiger partial charge >= 0.3 is 6.18 Å². The second-order valence-corrected chi connectivity index (χ2v) is 4.34. The summed E-state index contributed by atoms with van der Waals surface area (Å²) in [5, 5.41) is 0. The summed E-state index contributed by atoms with van der Waals surface area (Å²) >= 11 is 0. The minimum Gasteiger partial charge on any atom is -0.206 e. The molecule has 0 atom stereocenters. The molecule has 2 aromatic rings. The maximum absolute atomic E-state index is 13.4. The van der Waals surface area contributed by atoms with Crippen LogP contribution in [0.3, 0.4) is 0 Å². The number of alkyl halides is 3. The summed E-state index contributed by atoms with van der Waals surface area (Å²) in [5.41, 5.74) is 0.201. The molecular formula is C14H12F4N+. The van der Waals surface area contributed by atoms with Crippen molar-refractivity contribution in [1.82, 2.24) is 0 Å². The second kappa shape index (κ2) is 4.64. The number of halogens is 4.